The summed E-state index contributed by atoms with van der Waals surface area (Å²) < 4.78 is 0. The van der Waals surface area contributed by atoms with Crippen LogP contribution in [0.25, 0.3) is 65.7 Å². The Bertz CT molecular complexity index is 4780. The van der Waals surface area contributed by atoms with E-state index in [1.54, 1.807) is 0 Å². The molecule has 412 valence electrons. The third-order valence-electron chi connectivity index (χ3n) is 18.9. The van der Waals surface area contributed by atoms with E-state index < -0.39 is 10.8 Å². The summed E-state index contributed by atoms with van der Waals surface area (Å²) in [7, 11) is 0. The van der Waals surface area contributed by atoms with Crippen molar-refractivity contribution in [2.75, 3.05) is 9.80 Å². The number of nitrogens with zero attached hydrogens (tertiary/aromatic N) is 2. The summed E-state index contributed by atoms with van der Waals surface area (Å²) in [5, 5.41) is 7.15. The molecule has 2 nitrogen and oxygen atoms in total. The van der Waals surface area contributed by atoms with Gasteiger partial charge in [-0.05, 0) is 148 Å². The highest BCUT2D eigenvalue weighted by molar-refractivity contribution is 6.21. The molecule has 0 aromatic heterocycles. The number of fused-ring (bicyclic) bond motifs is 7. The van der Waals surface area contributed by atoms with Crippen LogP contribution < -0.4 is 9.80 Å². The van der Waals surface area contributed by atoms with Crippen molar-refractivity contribution < 1.29 is 0 Å². The summed E-state index contributed by atoms with van der Waals surface area (Å²) in [4.78, 5) is 5.08. The molecule has 2 heteroatoms. The van der Waals surface area contributed by atoms with Crippen LogP contribution in [0.3, 0.4) is 0 Å². The molecule has 2 aliphatic heterocycles. The SMILES string of the molecule is c1ccc(N2c3ccccc3C(c3ccccc3)(c3ccccc3)c3cccc(-c4cccc5c(-c6ccc7ccccc7c6)c6cccc(-c7cccc8c7N(c7ccccc7)c7ccccc7C8(c7ccccc7)c7ccccc7)c6cc45)c32)cc1. The molecule has 0 aliphatic carbocycles. The Balaban J connectivity index is 1.01. The predicted octanol–water partition coefficient (Wildman–Crippen LogP) is 22.5. The summed E-state index contributed by atoms with van der Waals surface area (Å²) >= 11 is 0. The lowest BCUT2D eigenvalue weighted by molar-refractivity contribution is 0.731. The van der Waals surface area contributed by atoms with Crippen LogP contribution in [-0.2, 0) is 10.8 Å². The first-order valence-electron chi connectivity index (χ1n) is 30.6. The Kier molecular flexibility index (Phi) is 12.0. The van der Waals surface area contributed by atoms with Gasteiger partial charge in [0.1, 0.15) is 0 Å². The van der Waals surface area contributed by atoms with Crippen LogP contribution in [0.1, 0.15) is 44.5 Å². The number of para-hydroxylation sites is 6. The van der Waals surface area contributed by atoms with Crippen LogP contribution in [0.2, 0.25) is 0 Å². The minimum absolute atomic E-state index is 0.680. The van der Waals surface area contributed by atoms with Gasteiger partial charge in [-0.3, -0.25) is 0 Å². The van der Waals surface area contributed by atoms with E-state index in [4.69, 9.17) is 0 Å². The van der Waals surface area contributed by atoms with E-state index in [2.05, 4.69) is 362 Å². The first kappa shape index (κ1) is 51.1. The van der Waals surface area contributed by atoms with Gasteiger partial charge in [0, 0.05) is 22.5 Å². The molecule has 0 N–H and O–H groups in total. The minimum atomic E-state index is -0.680. The maximum Gasteiger partial charge on any atom is 0.0742 e. The number of hydrogen-bond acceptors (Lipinski definition) is 2. The van der Waals surface area contributed by atoms with Gasteiger partial charge >= 0.3 is 0 Å². The Morgan fingerprint density at radius 2 is 0.557 bits per heavy atom. The second kappa shape index (κ2) is 20.7. The molecule has 0 radical (unpaired) electrons. The van der Waals surface area contributed by atoms with Gasteiger partial charge in [0.05, 0.1) is 33.6 Å². The largest absolute Gasteiger partial charge is 0.309 e. The third kappa shape index (κ3) is 7.62. The Hall–Kier alpha value is -11.3. The molecule has 0 saturated heterocycles. The minimum Gasteiger partial charge on any atom is -0.309 e. The van der Waals surface area contributed by atoms with Crippen LogP contribution in [0.15, 0.2) is 352 Å². The van der Waals surface area contributed by atoms with Gasteiger partial charge in [-0.15, -0.1) is 0 Å². The number of benzene rings is 15. The van der Waals surface area contributed by atoms with Crippen molar-refractivity contribution >= 4 is 66.4 Å². The number of anilines is 6. The van der Waals surface area contributed by atoms with E-state index in [0.717, 1.165) is 56.4 Å². The Labute approximate surface area is 513 Å². The summed E-state index contributed by atoms with van der Waals surface area (Å²) in [5.74, 6) is 0. The topological polar surface area (TPSA) is 6.48 Å². The van der Waals surface area contributed by atoms with E-state index in [1.165, 1.54) is 88.0 Å². The van der Waals surface area contributed by atoms with Gasteiger partial charge in [0.15, 0.2) is 0 Å². The summed E-state index contributed by atoms with van der Waals surface area (Å²) in [6, 6.07) is 131. The van der Waals surface area contributed by atoms with Crippen molar-refractivity contribution in [3.63, 3.8) is 0 Å². The van der Waals surface area contributed by atoms with Crippen LogP contribution in [0.4, 0.5) is 34.1 Å². The zero-order valence-electron chi connectivity index (χ0n) is 48.4. The molecule has 0 spiro atoms. The van der Waals surface area contributed by atoms with Gasteiger partial charge in [0.25, 0.3) is 0 Å². The van der Waals surface area contributed by atoms with Crippen molar-refractivity contribution in [3.05, 3.63) is 396 Å². The first-order chi connectivity index (χ1) is 43.7. The molecule has 88 heavy (non-hydrogen) atoms. The normalized spacial score (nSPS) is 13.6. The van der Waals surface area contributed by atoms with Gasteiger partial charge < -0.3 is 9.80 Å². The standard InChI is InChI=1S/C86H58N2/c1-7-31-62(32-8-1)85(63-33-9-2-10-34-63)76-49-21-23-53-80(76)87(66-39-15-5-16-40-66)83-72(47-27-51-78(83)85)68-43-25-45-70-74(68)58-75-69(44-26-46-71(75)82(70)61-56-55-59-29-19-20-30-60(59)57-61)73-48-28-52-79-84(73)88(67-41-17-6-18-42-67)81-54-24-22-50-77(81)86(79,64-35-11-3-12-36-64)65-37-13-4-14-38-65/h1-58H. The molecule has 0 fully saturated rings. The fourth-order valence-electron chi connectivity index (χ4n) is 15.4. The van der Waals surface area contributed by atoms with Gasteiger partial charge in [-0.2, -0.15) is 0 Å². The number of rotatable bonds is 9. The van der Waals surface area contributed by atoms with Crippen LogP contribution in [0, 0.1) is 0 Å². The molecular weight excluding hydrogens is 1060 g/mol. The lowest BCUT2D eigenvalue weighted by atomic mass is 9.62. The lowest BCUT2D eigenvalue weighted by Gasteiger charge is -2.47. The summed E-state index contributed by atoms with van der Waals surface area (Å²) in [6.45, 7) is 0. The molecule has 0 atom stereocenters. The smallest absolute Gasteiger partial charge is 0.0742 e. The molecule has 0 saturated carbocycles. The van der Waals surface area contributed by atoms with Crippen molar-refractivity contribution in [2.24, 2.45) is 0 Å². The second-order valence-electron chi connectivity index (χ2n) is 23.4. The molecule has 15 aromatic carbocycles. The van der Waals surface area contributed by atoms with Crippen molar-refractivity contribution in [1.82, 2.24) is 0 Å². The zero-order valence-corrected chi connectivity index (χ0v) is 48.4. The van der Waals surface area contributed by atoms with Crippen molar-refractivity contribution in [2.45, 2.75) is 10.8 Å². The van der Waals surface area contributed by atoms with Crippen molar-refractivity contribution in [3.8, 4) is 33.4 Å². The average Bonchev–Trinajstić information content (AvgIpc) is 0.756. The van der Waals surface area contributed by atoms with E-state index in [9.17, 15) is 0 Å². The van der Waals surface area contributed by atoms with Crippen LogP contribution in [0.5, 0.6) is 0 Å². The average molecular weight is 1120 g/mol. The maximum absolute atomic E-state index is 2.54. The molecule has 2 aliphatic rings. The van der Waals surface area contributed by atoms with Crippen LogP contribution in [-0.4, -0.2) is 0 Å². The summed E-state index contributed by atoms with van der Waals surface area (Å²) in [5.41, 5.74) is 22.2. The molecule has 2 heterocycles. The first-order valence-corrected chi connectivity index (χ1v) is 30.6. The van der Waals surface area contributed by atoms with E-state index in [1.807, 2.05) is 0 Å². The lowest BCUT2D eigenvalue weighted by Crippen LogP contribution is -2.38. The maximum atomic E-state index is 2.54. The highest BCUT2D eigenvalue weighted by Gasteiger charge is 2.49. The Morgan fingerprint density at radius 3 is 0.989 bits per heavy atom. The molecule has 15 aromatic rings. The van der Waals surface area contributed by atoms with E-state index in [0.29, 0.717) is 0 Å². The quantitative estimate of drug-likeness (QED) is 0.133. The number of hydrogen-bond donors (Lipinski definition) is 0. The van der Waals surface area contributed by atoms with Gasteiger partial charge in [-0.1, -0.05) is 303 Å². The Morgan fingerprint density at radius 1 is 0.216 bits per heavy atom. The van der Waals surface area contributed by atoms with Gasteiger partial charge in [-0.25, -0.2) is 0 Å². The molecule has 0 amide bonds. The van der Waals surface area contributed by atoms with Crippen LogP contribution >= 0.6 is 0 Å². The zero-order chi connectivity index (χ0) is 58.2. The fourth-order valence-corrected chi connectivity index (χ4v) is 15.4. The monoisotopic (exact) mass is 1120 g/mol. The second-order valence-corrected chi connectivity index (χ2v) is 23.4. The molecule has 0 unspecified atom stereocenters. The summed E-state index contributed by atoms with van der Waals surface area (Å²) in [6.07, 6.45) is 0. The van der Waals surface area contributed by atoms with Crippen molar-refractivity contribution in [1.29, 1.82) is 0 Å². The third-order valence-corrected chi connectivity index (χ3v) is 18.9. The predicted molar refractivity (Wildman–Crippen MR) is 368 cm³/mol. The fraction of sp³-hybridized carbons (Fsp3) is 0.0233. The molecule has 0 bridgehead atoms. The molecule has 17 rings (SSSR count). The van der Waals surface area contributed by atoms with Gasteiger partial charge in [0.2, 0.25) is 0 Å². The van der Waals surface area contributed by atoms with E-state index in [-0.39, 0.29) is 0 Å². The highest BCUT2D eigenvalue weighted by atomic mass is 15.2. The highest BCUT2D eigenvalue weighted by Crippen LogP contribution is 2.63. The van der Waals surface area contributed by atoms with E-state index >= 15 is 0 Å². The molecular formula is C86H58N2.